The van der Waals surface area contributed by atoms with E-state index in [1.807, 2.05) is 44.2 Å². The first-order valence-electron chi connectivity index (χ1n) is 6.54. The largest absolute Gasteiger partial charge is 0.493 e. The Bertz CT molecular complexity index is 480. The molecule has 0 spiro atoms. The van der Waals surface area contributed by atoms with Crippen LogP contribution in [0.25, 0.3) is 0 Å². The molecule has 1 rings (SSSR count). The van der Waals surface area contributed by atoms with Gasteiger partial charge in [0.25, 0.3) is 0 Å². The van der Waals surface area contributed by atoms with E-state index >= 15 is 0 Å². The number of allylic oxidation sites excluding steroid dienone is 3. The first-order chi connectivity index (χ1) is 9.67. The lowest BCUT2D eigenvalue weighted by atomic mass is 10.3. The quantitative estimate of drug-likeness (QED) is 0.615. The number of hydrogen-bond donors (Lipinski definition) is 1. The summed E-state index contributed by atoms with van der Waals surface area (Å²) in [4.78, 5) is 11.5. The average Bonchev–Trinajstić information content (AvgIpc) is 2.46. The van der Waals surface area contributed by atoms with Crippen molar-refractivity contribution in [3.63, 3.8) is 0 Å². The Kier molecular flexibility index (Phi) is 6.96. The van der Waals surface area contributed by atoms with Gasteiger partial charge in [-0.15, -0.1) is 0 Å². The highest BCUT2D eigenvalue weighted by Gasteiger charge is 2.08. The second kappa shape index (κ2) is 8.80. The fourth-order valence-corrected chi connectivity index (χ4v) is 1.53. The lowest BCUT2D eigenvalue weighted by molar-refractivity contribution is -0.116. The number of methoxy groups -OCH3 is 1. The second-order valence-corrected chi connectivity index (χ2v) is 4.21. The summed E-state index contributed by atoms with van der Waals surface area (Å²) < 4.78 is 10.9. The third-order valence-electron chi connectivity index (χ3n) is 2.51. The van der Waals surface area contributed by atoms with E-state index < -0.39 is 0 Å². The van der Waals surface area contributed by atoms with Crippen molar-refractivity contribution >= 4 is 5.91 Å². The lowest BCUT2D eigenvalue weighted by Crippen LogP contribution is -2.32. The van der Waals surface area contributed by atoms with Crippen LogP contribution in [-0.2, 0) is 4.79 Å². The van der Waals surface area contributed by atoms with Gasteiger partial charge in [0.05, 0.1) is 13.7 Å². The van der Waals surface area contributed by atoms with Crippen LogP contribution in [0.4, 0.5) is 0 Å². The number of carbonyl (C=O) groups excluding carboxylic acids is 1. The zero-order chi connectivity index (χ0) is 14.8. The molecule has 0 aromatic heterocycles. The molecular formula is C16H21NO3. The minimum absolute atomic E-state index is 0.140. The summed E-state index contributed by atoms with van der Waals surface area (Å²) in [6, 6.07) is 7.43. The molecule has 1 aromatic rings. The SMILES string of the molecule is C/C=C/C=C/C(=O)NC[C@H](C)Oc1ccccc1OC. The van der Waals surface area contributed by atoms with Crippen LogP contribution in [0.1, 0.15) is 13.8 Å². The average molecular weight is 275 g/mol. The number of hydrogen-bond acceptors (Lipinski definition) is 3. The summed E-state index contributed by atoms with van der Waals surface area (Å²) >= 11 is 0. The molecule has 1 amide bonds. The number of ether oxygens (including phenoxy) is 2. The van der Waals surface area contributed by atoms with E-state index in [-0.39, 0.29) is 12.0 Å². The Morgan fingerprint density at radius 1 is 1.30 bits per heavy atom. The summed E-state index contributed by atoms with van der Waals surface area (Å²) in [5.74, 6) is 1.21. The fourth-order valence-electron chi connectivity index (χ4n) is 1.53. The standard InChI is InChI=1S/C16H21NO3/c1-4-5-6-11-16(18)17-12-13(2)20-15-10-8-7-9-14(15)19-3/h4-11,13H,12H2,1-3H3,(H,17,18)/b5-4+,11-6+/t13-/m0/s1. The summed E-state index contributed by atoms with van der Waals surface area (Å²) in [5, 5.41) is 2.77. The number of carbonyl (C=O) groups is 1. The first kappa shape index (κ1) is 15.8. The maximum atomic E-state index is 11.5. The Morgan fingerprint density at radius 3 is 2.65 bits per heavy atom. The van der Waals surface area contributed by atoms with E-state index in [4.69, 9.17) is 9.47 Å². The van der Waals surface area contributed by atoms with Crippen molar-refractivity contribution in [3.05, 3.63) is 48.6 Å². The molecule has 0 aliphatic carbocycles. The second-order valence-electron chi connectivity index (χ2n) is 4.21. The van der Waals surface area contributed by atoms with Crippen LogP contribution in [0.2, 0.25) is 0 Å². The van der Waals surface area contributed by atoms with Gasteiger partial charge in [-0.25, -0.2) is 0 Å². The van der Waals surface area contributed by atoms with Gasteiger partial charge in [-0.1, -0.05) is 30.4 Å². The van der Waals surface area contributed by atoms with Gasteiger partial charge in [0.15, 0.2) is 11.5 Å². The minimum Gasteiger partial charge on any atom is -0.493 e. The van der Waals surface area contributed by atoms with E-state index in [1.54, 1.807) is 19.3 Å². The van der Waals surface area contributed by atoms with Crippen molar-refractivity contribution in [2.75, 3.05) is 13.7 Å². The van der Waals surface area contributed by atoms with Crippen LogP contribution >= 0.6 is 0 Å². The van der Waals surface area contributed by atoms with Gasteiger partial charge in [0.1, 0.15) is 6.10 Å². The summed E-state index contributed by atoms with van der Waals surface area (Å²) in [6.07, 6.45) is 6.69. The molecule has 4 heteroatoms. The van der Waals surface area contributed by atoms with Crippen molar-refractivity contribution in [2.45, 2.75) is 20.0 Å². The molecule has 0 aliphatic rings. The van der Waals surface area contributed by atoms with Crippen LogP contribution in [0, 0.1) is 0 Å². The Balaban J connectivity index is 2.44. The van der Waals surface area contributed by atoms with E-state index in [0.717, 1.165) is 0 Å². The van der Waals surface area contributed by atoms with Crippen molar-refractivity contribution < 1.29 is 14.3 Å². The highest BCUT2D eigenvalue weighted by Crippen LogP contribution is 2.26. The highest BCUT2D eigenvalue weighted by atomic mass is 16.5. The molecule has 1 aromatic carbocycles. The highest BCUT2D eigenvalue weighted by molar-refractivity contribution is 5.87. The molecule has 1 N–H and O–H groups in total. The summed E-state index contributed by atoms with van der Waals surface area (Å²) in [6.45, 7) is 4.21. The molecule has 0 saturated carbocycles. The topological polar surface area (TPSA) is 47.6 Å². The number of amides is 1. The number of rotatable bonds is 7. The molecule has 0 heterocycles. The van der Waals surface area contributed by atoms with Crippen molar-refractivity contribution in [2.24, 2.45) is 0 Å². The van der Waals surface area contributed by atoms with Gasteiger partial charge in [-0.2, -0.15) is 0 Å². The van der Waals surface area contributed by atoms with Crippen LogP contribution in [-0.4, -0.2) is 25.7 Å². The molecule has 0 fully saturated rings. The normalized spacial score (nSPS) is 12.6. The smallest absolute Gasteiger partial charge is 0.244 e. The van der Waals surface area contributed by atoms with Crippen LogP contribution in [0.3, 0.4) is 0 Å². The van der Waals surface area contributed by atoms with Gasteiger partial charge in [0.2, 0.25) is 5.91 Å². The number of para-hydroxylation sites is 2. The maximum Gasteiger partial charge on any atom is 0.244 e. The predicted molar refractivity (Wildman–Crippen MR) is 80.0 cm³/mol. The Morgan fingerprint density at radius 2 is 2.00 bits per heavy atom. The molecule has 20 heavy (non-hydrogen) atoms. The zero-order valence-electron chi connectivity index (χ0n) is 12.1. The lowest BCUT2D eigenvalue weighted by Gasteiger charge is -2.16. The van der Waals surface area contributed by atoms with E-state index in [0.29, 0.717) is 18.0 Å². The van der Waals surface area contributed by atoms with Gasteiger partial charge < -0.3 is 14.8 Å². The monoisotopic (exact) mass is 275 g/mol. The van der Waals surface area contributed by atoms with Crippen LogP contribution in [0.5, 0.6) is 11.5 Å². The van der Waals surface area contributed by atoms with Crippen LogP contribution in [0.15, 0.2) is 48.6 Å². The molecule has 4 nitrogen and oxygen atoms in total. The third kappa shape index (κ3) is 5.61. The molecule has 0 unspecified atom stereocenters. The zero-order valence-corrected chi connectivity index (χ0v) is 12.1. The molecule has 0 radical (unpaired) electrons. The first-order valence-corrected chi connectivity index (χ1v) is 6.54. The maximum absolute atomic E-state index is 11.5. The van der Waals surface area contributed by atoms with Crippen LogP contribution < -0.4 is 14.8 Å². The third-order valence-corrected chi connectivity index (χ3v) is 2.51. The van der Waals surface area contributed by atoms with Gasteiger partial charge in [-0.3, -0.25) is 4.79 Å². The summed E-state index contributed by atoms with van der Waals surface area (Å²) in [7, 11) is 1.60. The Labute approximate surface area is 120 Å². The van der Waals surface area contributed by atoms with Crippen molar-refractivity contribution in [1.29, 1.82) is 0 Å². The molecule has 0 saturated heterocycles. The number of benzene rings is 1. The molecule has 1 atom stereocenters. The van der Waals surface area contributed by atoms with Gasteiger partial charge in [0, 0.05) is 6.08 Å². The van der Waals surface area contributed by atoms with E-state index in [2.05, 4.69) is 5.32 Å². The summed E-state index contributed by atoms with van der Waals surface area (Å²) in [5.41, 5.74) is 0. The fraction of sp³-hybridized carbons (Fsp3) is 0.312. The molecule has 0 bridgehead atoms. The molecular weight excluding hydrogens is 254 g/mol. The number of nitrogens with one attached hydrogen (secondary N) is 1. The van der Waals surface area contributed by atoms with E-state index in [1.165, 1.54) is 6.08 Å². The van der Waals surface area contributed by atoms with Crippen molar-refractivity contribution in [3.8, 4) is 11.5 Å². The minimum atomic E-state index is -0.148. The predicted octanol–water partition coefficient (Wildman–Crippen LogP) is 2.71. The molecule has 0 aliphatic heterocycles. The van der Waals surface area contributed by atoms with Crippen molar-refractivity contribution in [1.82, 2.24) is 5.32 Å². The van der Waals surface area contributed by atoms with Gasteiger partial charge in [-0.05, 0) is 26.0 Å². The Hall–Kier alpha value is -2.23. The van der Waals surface area contributed by atoms with Gasteiger partial charge >= 0.3 is 0 Å². The van der Waals surface area contributed by atoms with E-state index in [9.17, 15) is 4.79 Å². The molecule has 108 valence electrons.